The van der Waals surface area contributed by atoms with Crippen LogP contribution in [-0.4, -0.2) is 14.3 Å². The number of amides is 1. The molecule has 0 aromatic carbocycles. The second-order valence-corrected chi connectivity index (χ2v) is 1.77. The molecule has 40 valence electrons. The fraction of sp³-hybridized carbons (Fsp3) is 0.400. The maximum atomic E-state index is 9.75. The van der Waals surface area contributed by atoms with E-state index in [1.165, 1.54) is 0 Å². The monoisotopic (exact) mass is 107 g/mol. The Morgan fingerprint density at radius 2 is 2.38 bits per heavy atom. The van der Waals surface area contributed by atoms with E-state index in [2.05, 4.69) is 5.32 Å². The number of rotatable bonds is 2. The van der Waals surface area contributed by atoms with Gasteiger partial charge in [-0.1, -0.05) is 5.47 Å². The zero-order valence-corrected chi connectivity index (χ0v) is 4.48. The molecule has 0 unspecified atom stereocenters. The van der Waals surface area contributed by atoms with Crippen LogP contribution in [0.25, 0.3) is 0 Å². The molecule has 1 aliphatic carbocycles. The van der Waals surface area contributed by atoms with Crippen LogP contribution in [0.1, 0.15) is 12.8 Å². The van der Waals surface area contributed by atoms with Gasteiger partial charge in [0.1, 0.15) is 7.85 Å². The minimum atomic E-state index is 0.654. The first-order chi connectivity index (χ1) is 3.84. The third-order valence-electron chi connectivity index (χ3n) is 1.27. The van der Waals surface area contributed by atoms with Gasteiger partial charge in [-0.15, -0.1) is 0 Å². The van der Waals surface area contributed by atoms with Crippen molar-refractivity contribution in [3.8, 4) is 0 Å². The second kappa shape index (κ2) is 2.03. The van der Waals surface area contributed by atoms with Gasteiger partial charge >= 0.3 is 0 Å². The number of carbonyl (C=O) groups excluding carboxylic acids is 1. The Morgan fingerprint density at radius 1 is 1.62 bits per heavy atom. The van der Waals surface area contributed by atoms with Crippen molar-refractivity contribution < 1.29 is 4.79 Å². The SMILES string of the molecule is [B]C1=C(NC=O)CC1. The summed E-state index contributed by atoms with van der Waals surface area (Å²) in [7, 11) is 5.37. The molecule has 0 saturated heterocycles. The molecule has 2 radical (unpaired) electrons. The van der Waals surface area contributed by atoms with Crippen LogP contribution in [0.15, 0.2) is 11.2 Å². The zero-order chi connectivity index (χ0) is 5.98. The molecule has 0 aromatic heterocycles. The molecule has 3 heteroatoms. The van der Waals surface area contributed by atoms with Gasteiger partial charge in [0.2, 0.25) is 6.41 Å². The largest absolute Gasteiger partial charge is 0.333 e. The van der Waals surface area contributed by atoms with Crippen LogP contribution in [0.2, 0.25) is 0 Å². The molecule has 1 amide bonds. The summed E-state index contributed by atoms with van der Waals surface area (Å²) in [5.74, 6) is 0. The van der Waals surface area contributed by atoms with E-state index in [0.717, 1.165) is 24.0 Å². The van der Waals surface area contributed by atoms with E-state index in [1.807, 2.05) is 0 Å². The van der Waals surface area contributed by atoms with Gasteiger partial charge in [0.05, 0.1) is 0 Å². The fourth-order valence-electron chi connectivity index (χ4n) is 0.630. The molecular formula is C5H6BNO. The van der Waals surface area contributed by atoms with Gasteiger partial charge in [0, 0.05) is 5.70 Å². The Bertz CT molecular complexity index is 141. The topological polar surface area (TPSA) is 29.1 Å². The van der Waals surface area contributed by atoms with Crippen LogP contribution in [0, 0.1) is 0 Å². The van der Waals surface area contributed by atoms with E-state index in [-0.39, 0.29) is 0 Å². The molecule has 0 saturated carbocycles. The van der Waals surface area contributed by atoms with Crippen molar-refractivity contribution in [3.05, 3.63) is 11.2 Å². The summed E-state index contributed by atoms with van der Waals surface area (Å²) in [6, 6.07) is 0. The lowest BCUT2D eigenvalue weighted by Crippen LogP contribution is -2.19. The molecular weight excluding hydrogens is 101 g/mol. The Balaban J connectivity index is 2.46. The summed E-state index contributed by atoms with van der Waals surface area (Å²) in [5, 5.41) is 2.51. The quantitative estimate of drug-likeness (QED) is 0.387. The maximum absolute atomic E-state index is 9.75. The van der Waals surface area contributed by atoms with Crippen molar-refractivity contribution in [1.29, 1.82) is 0 Å². The van der Waals surface area contributed by atoms with Crippen molar-refractivity contribution in [3.63, 3.8) is 0 Å². The lowest BCUT2D eigenvalue weighted by Gasteiger charge is -2.19. The highest BCUT2D eigenvalue weighted by Crippen LogP contribution is 2.21. The average Bonchev–Trinajstić information content (AvgIpc) is 1.79. The zero-order valence-electron chi connectivity index (χ0n) is 4.48. The van der Waals surface area contributed by atoms with Gasteiger partial charge in [-0.3, -0.25) is 4.79 Å². The molecule has 0 bridgehead atoms. The van der Waals surface area contributed by atoms with E-state index < -0.39 is 0 Å². The van der Waals surface area contributed by atoms with Crippen LogP contribution in [-0.2, 0) is 4.79 Å². The second-order valence-electron chi connectivity index (χ2n) is 1.77. The molecule has 0 atom stereocenters. The summed E-state index contributed by atoms with van der Waals surface area (Å²) < 4.78 is 0. The summed E-state index contributed by atoms with van der Waals surface area (Å²) >= 11 is 0. The van der Waals surface area contributed by atoms with Gasteiger partial charge in [0.15, 0.2) is 0 Å². The maximum Gasteiger partial charge on any atom is 0.211 e. The molecule has 0 aliphatic heterocycles. The summed E-state index contributed by atoms with van der Waals surface area (Å²) in [6.45, 7) is 0. The molecule has 2 nitrogen and oxygen atoms in total. The Kier molecular flexibility index (Phi) is 1.37. The Morgan fingerprint density at radius 3 is 2.50 bits per heavy atom. The molecule has 1 rings (SSSR count). The van der Waals surface area contributed by atoms with Gasteiger partial charge in [-0.25, -0.2) is 0 Å². The van der Waals surface area contributed by atoms with Gasteiger partial charge < -0.3 is 5.32 Å². The van der Waals surface area contributed by atoms with E-state index in [9.17, 15) is 4.79 Å². The van der Waals surface area contributed by atoms with Gasteiger partial charge in [0.25, 0.3) is 0 Å². The highest BCUT2D eigenvalue weighted by Gasteiger charge is 2.09. The normalized spacial score (nSPS) is 17.5. The van der Waals surface area contributed by atoms with E-state index in [1.54, 1.807) is 0 Å². The van der Waals surface area contributed by atoms with Crippen LogP contribution in [0.4, 0.5) is 0 Å². The minimum absolute atomic E-state index is 0.654. The standard InChI is InChI=1S/C5H6BNO/c6-4-1-2-5(4)7-3-8/h3H,1-2H2,(H,7,8). The molecule has 0 spiro atoms. The summed E-state index contributed by atoms with van der Waals surface area (Å²) in [5.41, 5.74) is 1.71. The molecule has 0 fully saturated rings. The van der Waals surface area contributed by atoms with Crippen LogP contribution in [0.5, 0.6) is 0 Å². The highest BCUT2D eigenvalue weighted by atomic mass is 16.1. The first-order valence-electron chi connectivity index (χ1n) is 2.52. The first-order valence-corrected chi connectivity index (χ1v) is 2.52. The molecule has 0 heterocycles. The number of hydrogen-bond donors (Lipinski definition) is 1. The van der Waals surface area contributed by atoms with E-state index >= 15 is 0 Å². The predicted molar refractivity (Wildman–Crippen MR) is 31.2 cm³/mol. The van der Waals surface area contributed by atoms with Crippen LogP contribution >= 0.6 is 0 Å². The first kappa shape index (κ1) is 5.41. The molecule has 1 aliphatic rings. The van der Waals surface area contributed by atoms with Crippen molar-refractivity contribution in [2.24, 2.45) is 0 Å². The number of nitrogens with one attached hydrogen (secondary N) is 1. The van der Waals surface area contributed by atoms with Gasteiger partial charge in [-0.2, -0.15) is 0 Å². The van der Waals surface area contributed by atoms with Crippen molar-refractivity contribution in [2.75, 3.05) is 0 Å². The highest BCUT2D eigenvalue weighted by molar-refractivity contribution is 6.22. The van der Waals surface area contributed by atoms with Crippen molar-refractivity contribution >= 4 is 14.3 Å². The summed E-state index contributed by atoms with van der Waals surface area (Å²) in [6.07, 6.45) is 2.50. The number of hydrogen-bond acceptors (Lipinski definition) is 1. The number of allylic oxidation sites excluding steroid dienone is 2. The van der Waals surface area contributed by atoms with E-state index in [4.69, 9.17) is 7.85 Å². The average molecular weight is 107 g/mol. The molecule has 8 heavy (non-hydrogen) atoms. The molecule has 0 aromatic rings. The lowest BCUT2D eigenvalue weighted by atomic mass is 9.79. The van der Waals surface area contributed by atoms with Crippen LogP contribution < -0.4 is 5.32 Å². The summed E-state index contributed by atoms with van der Waals surface area (Å²) in [4.78, 5) is 9.75. The lowest BCUT2D eigenvalue weighted by molar-refractivity contribution is -0.109. The Labute approximate surface area is 49.4 Å². The number of carbonyl (C=O) groups is 1. The predicted octanol–water partition coefficient (Wildman–Crippen LogP) is -0.0937. The minimum Gasteiger partial charge on any atom is -0.333 e. The molecule has 1 N–H and O–H groups in total. The smallest absolute Gasteiger partial charge is 0.211 e. The fourth-order valence-corrected chi connectivity index (χ4v) is 0.630. The Hall–Kier alpha value is -0.725. The third kappa shape index (κ3) is 0.758. The third-order valence-corrected chi connectivity index (χ3v) is 1.27. The van der Waals surface area contributed by atoms with Gasteiger partial charge in [-0.05, 0) is 12.8 Å². The van der Waals surface area contributed by atoms with Crippen molar-refractivity contribution in [1.82, 2.24) is 5.32 Å². The van der Waals surface area contributed by atoms with E-state index in [0.29, 0.717) is 6.41 Å². The van der Waals surface area contributed by atoms with Crippen molar-refractivity contribution in [2.45, 2.75) is 12.8 Å². The van der Waals surface area contributed by atoms with Crippen LogP contribution in [0.3, 0.4) is 0 Å².